The van der Waals surface area contributed by atoms with Crippen LogP contribution in [0.3, 0.4) is 0 Å². The fraction of sp³-hybridized carbons (Fsp3) is 0.367. The molecule has 3 aromatic heterocycles. The van der Waals surface area contributed by atoms with Crippen LogP contribution in [0, 0.1) is 22.2 Å². The lowest BCUT2D eigenvalue weighted by Crippen LogP contribution is -2.74. The number of rotatable bonds is 15. The van der Waals surface area contributed by atoms with Crippen molar-refractivity contribution in [2.45, 2.75) is 58.8 Å². The zero-order valence-electron chi connectivity index (χ0n) is 38.4. The standard InChI is InChI=1S/C49H53ClN8O8S/c1-48(2)45(49(3,4)46(48)66-36-13-11-30(26-51)40(50)25-36)55-43(59)31-27-53-47(54-28-31)58-19-16-33(17-20-58)63-21-22-64-34-9-8-10-35(24-34)65-41-14-12-32(57(6)67(7,61)62)23-38(41)39-29-56(5)44(60)42-37(39)15-18-52-42/h8-15,18,23-25,27-29,33,45-46,52H,16-17,19-22H2,1-7H3,(H,55,59). The number of halogens is 1. The molecule has 4 heterocycles. The van der Waals surface area contributed by atoms with Gasteiger partial charge in [-0.25, -0.2) is 18.4 Å². The minimum absolute atomic E-state index is 0.0302. The number of amides is 1. The van der Waals surface area contributed by atoms with Crippen LogP contribution >= 0.6 is 11.6 Å². The average Bonchev–Trinajstić information content (AvgIpc) is 3.81. The summed E-state index contributed by atoms with van der Waals surface area (Å²) in [7, 11) is -0.409. The third-order valence-corrected chi connectivity index (χ3v) is 14.3. The zero-order valence-corrected chi connectivity index (χ0v) is 39.9. The van der Waals surface area contributed by atoms with Crippen LogP contribution in [0.5, 0.6) is 23.0 Å². The van der Waals surface area contributed by atoms with Gasteiger partial charge in [-0.15, -0.1) is 0 Å². The lowest BCUT2D eigenvalue weighted by Gasteiger charge is -2.63. The smallest absolute Gasteiger partial charge is 0.274 e. The van der Waals surface area contributed by atoms with E-state index in [1.54, 1.807) is 80.4 Å². The number of fused-ring (bicyclic) bond motifs is 1. The zero-order chi connectivity index (χ0) is 47.8. The maximum atomic E-state index is 13.4. The molecule has 3 aromatic carbocycles. The second-order valence-electron chi connectivity index (χ2n) is 18.2. The number of hydrogen-bond acceptors (Lipinski definition) is 12. The van der Waals surface area contributed by atoms with Crippen LogP contribution in [-0.4, -0.2) is 91.7 Å². The Balaban J connectivity index is 0.819. The molecule has 350 valence electrons. The molecule has 0 radical (unpaired) electrons. The van der Waals surface area contributed by atoms with Crippen LogP contribution in [-0.2, 0) is 21.8 Å². The fourth-order valence-electron chi connectivity index (χ4n) is 9.45. The van der Waals surface area contributed by atoms with E-state index in [0.29, 0.717) is 99.1 Å². The van der Waals surface area contributed by atoms with Gasteiger partial charge < -0.3 is 38.7 Å². The number of aromatic nitrogens is 4. The molecule has 67 heavy (non-hydrogen) atoms. The normalized spacial score (nSPS) is 17.9. The number of H-pyrrole nitrogens is 1. The maximum absolute atomic E-state index is 13.4. The molecule has 2 N–H and O–H groups in total. The highest BCUT2D eigenvalue weighted by molar-refractivity contribution is 7.92. The summed E-state index contributed by atoms with van der Waals surface area (Å²) in [6.07, 6.45) is 9.01. The first-order valence-electron chi connectivity index (χ1n) is 21.9. The maximum Gasteiger partial charge on any atom is 0.274 e. The van der Waals surface area contributed by atoms with E-state index < -0.39 is 20.9 Å². The van der Waals surface area contributed by atoms with E-state index >= 15 is 0 Å². The number of anilines is 2. The van der Waals surface area contributed by atoms with Gasteiger partial charge in [-0.1, -0.05) is 45.4 Å². The molecule has 0 atom stereocenters. The molecule has 0 spiro atoms. The molecular formula is C49H53ClN8O8S. The first-order valence-corrected chi connectivity index (χ1v) is 24.1. The summed E-state index contributed by atoms with van der Waals surface area (Å²) in [5.41, 5.74) is 1.88. The van der Waals surface area contributed by atoms with Crippen molar-refractivity contribution in [2.75, 3.05) is 48.8 Å². The van der Waals surface area contributed by atoms with Crippen LogP contribution in [0.15, 0.2) is 96.3 Å². The number of nitrogens with one attached hydrogen (secondary N) is 2. The Bertz CT molecular complexity index is 3010. The van der Waals surface area contributed by atoms with Gasteiger partial charge in [0.05, 0.1) is 40.8 Å². The SMILES string of the molecule is CN(c1ccc(Oc2cccc(OCCOC3CCN(c4ncc(C(=O)NC5C(C)(C)C(Oc6ccc(C#N)c(Cl)c6)C5(C)C)cn4)CC3)c2)c(-c2cn(C)c(=O)c3[nH]ccc23)c1)S(C)(=O)=O. The van der Waals surface area contributed by atoms with Gasteiger partial charge in [0.1, 0.15) is 47.3 Å². The Morgan fingerprint density at radius 2 is 1.69 bits per heavy atom. The van der Waals surface area contributed by atoms with Crippen LogP contribution < -0.4 is 34.3 Å². The van der Waals surface area contributed by atoms with Crippen molar-refractivity contribution in [2.24, 2.45) is 17.9 Å². The molecule has 8 rings (SSSR count). The number of aryl methyl sites for hydroxylation is 1. The first-order chi connectivity index (χ1) is 31.8. The molecule has 1 saturated heterocycles. The number of nitrogens with zero attached hydrogens (tertiary/aromatic N) is 6. The number of pyridine rings is 1. The summed E-state index contributed by atoms with van der Waals surface area (Å²) in [4.78, 5) is 40.5. The number of carbonyl (C=O) groups is 1. The van der Waals surface area contributed by atoms with Gasteiger partial charge in [0.2, 0.25) is 16.0 Å². The summed E-state index contributed by atoms with van der Waals surface area (Å²) < 4.78 is 52.6. The van der Waals surface area contributed by atoms with Crippen molar-refractivity contribution in [1.29, 1.82) is 5.26 Å². The van der Waals surface area contributed by atoms with Crippen LogP contribution in [0.25, 0.3) is 22.0 Å². The molecule has 6 aromatic rings. The van der Waals surface area contributed by atoms with Crippen molar-refractivity contribution in [3.8, 4) is 40.2 Å². The number of benzene rings is 3. The lowest BCUT2D eigenvalue weighted by molar-refractivity contribution is -0.164. The first kappa shape index (κ1) is 46.9. The predicted octanol–water partition coefficient (Wildman–Crippen LogP) is 7.71. The number of hydrogen-bond donors (Lipinski definition) is 2. The molecular weight excluding hydrogens is 896 g/mol. The molecule has 0 unspecified atom stereocenters. The third-order valence-electron chi connectivity index (χ3n) is 12.8. The molecule has 18 heteroatoms. The van der Waals surface area contributed by atoms with Gasteiger partial charge in [-0.05, 0) is 61.4 Å². The highest BCUT2D eigenvalue weighted by Gasteiger charge is 2.64. The second kappa shape index (κ2) is 18.6. The van der Waals surface area contributed by atoms with Gasteiger partial charge in [0.15, 0.2) is 0 Å². The minimum atomic E-state index is -3.55. The van der Waals surface area contributed by atoms with Crippen LogP contribution in [0.1, 0.15) is 56.5 Å². The number of piperidine rings is 1. The average molecular weight is 950 g/mol. The monoisotopic (exact) mass is 948 g/mol. The van der Waals surface area contributed by atoms with Crippen molar-refractivity contribution in [3.63, 3.8) is 0 Å². The number of ether oxygens (including phenoxy) is 4. The van der Waals surface area contributed by atoms with Gasteiger partial charge >= 0.3 is 0 Å². The van der Waals surface area contributed by atoms with E-state index in [-0.39, 0.29) is 29.7 Å². The molecule has 1 saturated carbocycles. The topological polar surface area (TPSA) is 194 Å². The Hall–Kier alpha value is -6.61. The minimum Gasteiger partial charge on any atom is -0.491 e. The van der Waals surface area contributed by atoms with Gasteiger partial charge in [-0.3, -0.25) is 13.9 Å². The molecule has 1 aliphatic carbocycles. The summed E-state index contributed by atoms with van der Waals surface area (Å²) in [6, 6.07) is 21.0. The quantitative estimate of drug-likeness (QED) is 0.0954. The van der Waals surface area contributed by atoms with E-state index in [0.717, 1.165) is 19.1 Å². The van der Waals surface area contributed by atoms with E-state index in [1.807, 2.05) is 18.2 Å². The summed E-state index contributed by atoms with van der Waals surface area (Å²) >= 11 is 6.25. The van der Waals surface area contributed by atoms with Gasteiger partial charge in [0, 0.05) is 97.5 Å². The number of nitriles is 1. The Morgan fingerprint density at radius 1 is 0.970 bits per heavy atom. The summed E-state index contributed by atoms with van der Waals surface area (Å²) in [6.45, 7) is 10.3. The van der Waals surface area contributed by atoms with Crippen LogP contribution in [0.2, 0.25) is 5.02 Å². The Morgan fingerprint density at radius 3 is 2.37 bits per heavy atom. The molecule has 16 nitrogen and oxygen atoms in total. The van der Waals surface area contributed by atoms with E-state index in [1.165, 1.54) is 15.9 Å². The van der Waals surface area contributed by atoms with E-state index in [9.17, 15) is 23.3 Å². The number of sulfonamides is 1. The highest BCUT2D eigenvalue weighted by atomic mass is 35.5. The Labute approximate surface area is 394 Å². The predicted molar refractivity (Wildman–Crippen MR) is 257 cm³/mol. The number of carbonyl (C=O) groups excluding carboxylic acids is 1. The third kappa shape index (κ3) is 9.65. The lowest BCUT2D eigenvalue weighted by atomic mass is 9.49. The fourth-order valence-corrected chi connectivity index (χ4v) is 10.2. The van der Waals surface area contributed by atoms with Crippen LogP contribution in [0.4, 0.5) is 11.6 Å². The highest BCUT2D eigenvalue weighted by Crippen LogP contribution is 2.55. The Kier molecular flexibility index (Phi) is 13.0. The molecule has 1 aliphatic heterocycles. The van der Waals surface area contributed by atoms with E-state index in [4.69, 9.17) is 30.5 Å². The molecule has 2 aliphatic rings. The second-order valence-corrected chi connectivity index (χ2v) is 20.6. The van der Waals surface area contributed by atoms with Crippen molar-refractivity contribution in [1.82, 2.24) is 24.8 Å². The summed E-state index contributed by atoms with van der Waals surface area (Å²) in [5.74, 6) is 2.40. The largest absolute Gasteiger partial charge is 0.491 e. The molecule has 1 amide bonds. The van der Waals surface area contributed by atoms with Crippen molar-refractivity contribution >= 4 is 50.1 Å². The summed E-state index contributed by atoms with van der Waals surface area (Å²) in [5, 5.41) is 13.4. The van der Waals surface area contributed by atoms with Gasteiger partial charge in [0.25, 0.3) is 11.5 Å². The molecule has 0 bridgehead atoms. The van der Waals surface area contributed by atoms with E-state index in [2.05, 4.69) is 58.9 Å². The number of aromatic amines is 1. The van der Waals surface area contributed by atoms with Crippen molar-refractivity contribution < 1.29 is 32.2 Å². The van der Waals surface area contributed by atoms with Gasteiger partial charge in [-0.2, -0.15) is 5.26 Å². The molecule has 2 fully saturated rings. The van der Waals surface area contributed by atoms with Crippen molar-refractivity contribution in [3.05, 3.63) is 118 Å².